The topological polar surface area (TPSA) is 29.1 Å². The van der Waals surface area contributed by atoms with Gasteiger partial charge in [-0.3, -0.25) is 0 Å². The molecule has 0 bridgehead atoms. The summed E-state index contributed by atoms with van der Waals surface area (Å²) in [6, 6.07) is 0. The zero-order valence-electron chi connectivity index (χ0n) is 4.55. The molecule has 0 fully saturated rings. The molecule has 0 rings (SSSR count). The summed E-state index contributed by atoms with van der Waals surface area (Å²) < 4.78 is 2.00. The molecule has 0 aromatic rings. The Labute approximate surface area is 59.4 Å². The van der Waals surface area contributed by atoms with Crippen LogP contribution >= 0.6 is 0 Å². The van der Waals surface area contributed by atoms with E-state index in [2.05, 4.69) is 5.32 Å². The van der Waals surface area contributed by atoms with Crippen LogP contribution in [0.3, 0.4) is 0 Å². The van der Waals surface area contributed by atoms with Crippen LogP contribution < -0.4 is 5.32 Å². The van der Waals surface area contributed by atoms with Gasteiger partial charge in [0.1, 0.15) is 0 Å². The predicted molar refractivity (Wildman–Crippen MR) is 29.0 cm³/mol. The van der Waals surface area contributed by atoms with Gasteiger partial charge in [0.2, 0.25) is 0 Å². The van der Waals surface area contributed by atoms with Crippen molar-refractivity contribution < 1.29 is 24.1 Å². The normalized spacial score (nSPS) is 10.4. The van der Waals surface area contributed by atoms with Gasteiger partial charge in [-0.1, -0.05) is 0 Å². The second-order valence-corrected chi connectivity index (χ2v) is 2.14. The molecular formula is C5H7NOW. The van der Waals surface area contributed by atoms with Gasteiger partial charge in [0, 0.05) is 0 Å². The van der Waals surface area contributed by atoms with Crippen LogP contribution in [0.5, 0.6) is 0 Å². The van der Waals surface area contributed by atoms with Gasteiger partial charge in [-0.25, -0.2) is 0 Å². The van der Waals surface area contributed by atoms with Crippen LogP contribution in [0.25, 0.3) is 0 Å². The quantitative estimate of drug-likeness (QED) is 0.724. The van der Waals surface area contributed by atoms with Gasteiger partial charge in [-0.05, 0) is 0 Å². The first-order valence-corrected chi connectivity index (χ1v) is 3.82. The van der Waals surface area contributed by atoms with Crippen LogP contribution in [-0.4, -0.2) is 10.8 Å². The third-order valence-corrected chi connectivity index (χ3v) is 1.90. The van der Waals surface area contributed by atoms with Gasteiger partial charge in [0.15, 0.2) is 0 Å². The van der Waals surface area contributed by atoms with Crippen molar-refractivity contribution in [3.05, 3.63) is 11.8 Å². The molecule has 0 aliphatic carbocycles. The molecule has 0 spiro atoms. The summed E-state index contributed by atoms with van der Waals surface area (Å²) in [6.45, 7) is 1.93. The molecule has 0 unspecified atom stereocenters. The number of rotatable bonds is 3. The first-order valence-electron chi connectivity index (χ1n) is 2.13. The fourth-order valence-corrected chi connectivity index (χ4v) is 0.444. The second kappa shape index (κ2) is 4.92. The molecular weight excluding hydrogens is 274 g/mol. The number of nitrogens with one attached hydrogen (secondary N) is 1. The summed E-state index contributed by atoms with van der Waals surface area (Å²) in [5, 5.41) is 2.44. The van der Waals surface area contributed by atoms with E-state index in [0.717, 1.165) is 5.57 Å². The standard InChI is InChI=1S/C5H7NO.W/c1-5(2)3-6-4-7;/h1,3-4H,2H3,(H,6,7);/b5-3+;. The van der Waals surface area contributed by atoms with Gasteiger partial charge in [-0.15, -0.1) is 0 Å². The zero-order chi connectivity index (χ0) is 6.41. The number of hydrogen-bond acceptors (Lipinski definition) is 1. The van der Waals surface area contributed by atoms with Crippen LogP contribution in [0.15, 0.2) is 11.8 Å². The van der Waals surface area contributed by atoms with Crippen molar-refractivity contribution in [2.24, 2.45) is 0 Å². The van der Waals surface area contributed by atoms with Crippen LogP contribution in [0.2, 0.25) is 0 Å². The molecule has 0 heterocycles. The number of hydrogen-bond donors (Lipinski definition) is 1. The van der Waals surface area contributed by atoms with E-state index >= 15 is 0 Å². The molecule has 0 aliphatic rings. The summed E-state index contributed by atoms with van der Waals surface area (Å²) in [5.41, 5.74) is 1.09. The third-order valence-electron chi connectivity index (χ3n) is 0.565. The Morgan fingerprint density at radius 1 is 1.75 bits per heavy atom. The minimum absolute atomic E-state index is 0.655. The van der Waals surface area contributed by atoms with Crippen molar-refractivity contribution in [3.8, 4) is 0 Å². The molecule has 0 atom stereocenters. The summed E-state index contributed by atoms with van der Waals surface area (Å²) in [5.74, 6) is 0. The molecule has 44 valence electrons. The molecule has 3 heteroatoms. The van der Waals surface area contributed by atoms with E-state index in [1.165, 1.54) is 19.4 Å². The van der Waals surface area contributed by atoms with Crippen molar-refractivity contribution in [1.29, 1.82) is 0 Å². The minimum atomic E-state index is 0.655. The van der Waals surface area contributed by atoms with Crippen molar-refractivity contribution in [2.75, 3.05) is 0 Å². The number of carbonyl (C=O) groups excluding carboxylic acids is 1. The SMILES string of the molecule is C/C([CH]=[W])=C/NC=O. The molecule has 0 radical (unpaired) electrons. The first kappa shape index (κ1) is 7.77. The average Bonchev–Trinajstić information content (AvgIpc) is 1.83. The Bertz CT molecular complexity index is 120. The third kappa shape index (κ3) is 3.94. The van der Waals surface area contributed by atoms with Crippen molar-refractivity contribution in [1.82, 2.24) is 5.32 Å². The molecule has 8 heavy (non-hydrogen) atoms. The molecule has 0 aromatic carbocycles. The second-order valence-electron chi connectivity index (χ2n) is 1.29. The molecule has 0 aromatic heterocycles. The van der Waals surface area contributed by atoms with Crippen LogP contribution in [0, 0.1) is 0 Å². The van der Waals surface area contributed by atoms with Crippen molar-refractivity contribution >= 4 is 10.8 Å². The Hall–Kier alpha value is -0.232. The van der Waals surface area contributed by atoms with Gasteiger partial charge in [0.05, 0.1) is 0 Å². The fourth-order valence-electron chi connectivity index (χ4n) is 0.199. The summed E-state index contributed by atoms with van der Waals surface area (Å²) in [7, 11) is 0. The first-order chi connectivity index (χ1) is 3.81. The molecule has 1 amide bonds. The van der Waals surface area contributed by atoms with Crippen molar-refractivity contribution in [3.63, 3.8) is 0 Å². The number of allylic oxidation sites excluding steroid dienone is 1. The fraction of sp³-hybridized carbons (Fsp3) is 0.200. The van der Waals surface area contributed by atoms with Gasteiger partial charge < -0.3 is 0 Å². The van der Waals surface area contributed by atoms with E-state index < -0.39 is 0 Å². The van der Waals surface area contributed by atoms with E-state index in [4.69, 9.17) is 0 Å². The Morgan fingerprint density at radius 2 is 2.38 bits per heavy atom. The van der Waals surface area contributed by atoms with Crippen molar-refractivity contribution in [2.45, 2.75) is 6.92 Å². The Balaban J connectivity index is 3.56. The Kier molecular flexibility index (Phi) is 4.77. The average molecular weight is 281 g/mol. The van der Waals surface area contributed by atoms with E-state index in [1.807, 2.05) is 11.3 Å². The Morgan fingerprint density at radius 3 is 2.75 bits per heavy atom. The van der Waals surface area contributed by atoms with Gasteiger partial charge >= 0.3 is 59.0 Å². The van der Waals surface area contributed by atoms with Crippen LogP contribution in [-0.2, 0) is 24.1 Å². The maximum absolute atomic E-state index is 9.66. The predicted octanol–water partition coefficient (Wildman–Crippen LogP) is -0.0148. The zero-order valence-corrected chi connectivity index (χ0v) is 7.48. The van der Waals surface area contributed by atoms with E-state index in [9.17, 15) is 4.79 Å². The van der Waals surface area contributed by atoms with Gasteiger partial charge in [-0.2, -0.15) is 0 Å². The summed E-state index contributed by atoms with van der Waals surface area (Å²) in [4.78, 5) is 9.66. The monoisotopic (exact) mass is 281 g/mol. The molecule has 1 N–H and O–H groups in total. The van der Waals surface area contributed by atoms with E-state index in [-0.39, 0.29) is 0 Å². The van der Waals surface area contributed by atoms with Crippen LogP contribution in [0.1, 0.15) is 6.92 Å². The number of amides is 1. The number of carbonyl (C=O) groups is 1. The maximum atomic E-state index is 9.66. The van der Waals surface area contributed by atoms with Gasteiger partial charge in [0.25, 0.3) is 0 Å². The van der Waals surface area contributed by atoms with E-state index in [1.54, 1.807) is 6.20 Å². The molecule has 0 aliphatic heterocycles. The summed E-state index contributed by atoms with van der Waals surface area (Å²) in [6.07, 6.45) is 2.32. The summed E-state index contributed by atoms with van der Waals surface area (Å²) >= 11 is 1.39. The van der Waals surface area contributed by atoms with E-state index in [0.29, 0.717) is 6.41 Å². The molecule has 2 nitrogen and oxygen atoms in total. The van der Waals surface area contributed by atoms with Crippen LogP contribution in [0.4, 0.5) is 0 Å². The molecule has 0 saturated carbocycles. The molecule has 0 saturated heterocycles.